The topological polar surface area (TPSA) is 67.2 Å². The minimum absolute atomic E-state index is 0.0605. The molecule has 1 atom stereocenters. The van der Waals surface area contributed by atoms with Crippen molar-refractivity contribution in [2.24, 2.45) is 0 Å². The van der Waals surface area contributed by atoms with Gasteiger partial charge in [-0.2, -0.15) is 5.10 Å². The van der Waals surface area contributed by atoms with Gasteiger partial charge in [-0.25, -0.2) is 0 Å². The van der Waals surface area contributed by atoms with Crippen LogP contribution in [0.3, 0.4) is 0 Å². The Balaban J connectivity index is 1.71. The summed E-state index contributed by atoms with van der Waals surface area (Å²) in [5, 5.41) is 12.4. The maximum absolute atomic E-state index is 12.6. The second kappa shape index (κ2) is 6.13. The summed E-state index contributed by atoms with van der Waals surface area (Å²) in [6, 6.07) is 5.70. The van der Waals surface area contributed by atoms with Gasteiger partial charge in [0.1, 0.15) is 0 Å². The molecular formula is C15H20N6O. The standard InChI is InChI=1S/C15H20N6O/c1-19(2)14-7-6-13(17-18-14)15(22)20-9-3-5-12(11-20)21-10-4-8-16-21/h4,6-8,10,12H,3,5,9,11H2,1-2H3/t12-/m0/s1. The van der Waals surface area contributed by atoms with Crippen molar-refractivity contribution >= 4 is 11.7 Å². The van der Waals surface area contributed by atoms with Crippen LogP contribution in [0.5, 0.6) is 0 Å². The fraction of sp³-hybridized carbons (Fsp3) is 0.467. The van der Waals surface area contributed by atoms with Crippen LogP contribution in [-0.2, 0) is 0 Å². The average molecular weight is 300 g/mol. The first-order valence-electron chi connectivity index (χ1n) is 7.44. The second-order valence-corrected chi connectivity index (χ2v) is 5.70. The van der Waals surface area contributed by atoms with Crippen LogP contribution in [0.15, 0.2) is 30.6 Å². The summed E-state index contributed by atoms with van der Waals surface area (Å²) in [6.45, 7) is 1.42. The second-order valence-electron chi connectivity index (χ2n) is 5.70. The first-order valence-corrected chi connectivity index (χ1v) is 7.44. The molecule has 0 bridgehead atoms. The number of aromatic nitrogens is 4. The van der Waals surface area contributed by atoms with Crippen molar-refractivity contribution in [3.8, 4) is 0 Å². The Hall–Kier alpha value is -2.44. The largest absolute Gasteiger partial charge is 0.361 e. The van der Waals surface area contributed by atoms with E-state index in [1.54, 1.807) is 12.3 Å². The highest BCUT2D eigenvalue weighted by atomic mass is 16.2. The highest BCUT2D eigenvalue weighted by molar-refractivity contribution is 5.92. The number of anilines is 1. The predicted molar refractivity (Wildman–Crippen MR) is 82.8 cm³/mol. The van der Waals surface area contributed by atoms with Crippen LogP contribution in [0, 0.1) is 0 Å². The van der Waals surface area contributed by atoms with Gasteiger partial charge in [0.15, 0.2) is 11.5 Å². The van der Waals surface area contributed by atoms with E-state index in [2.05, 4.69) is 15.3 Å². The number of amides is 1. The molecule has 0 aliphatic carbocycles. The van der Waals surface area contributed by atoms with E-state index >= 15 is 0 Å². The van der Waals surface area contributed by atoms with Gasteiger partial charge in [-0.15, -0.1) is 10.2 Å². The normalized spacial score (nSPS) is 18.3. The summed E-state index contributed by atoms with van der Waals surface area (Å²) < 4.78 is 1.93. The minimum atomic E-state index is -0.0605. The zero-order chi connectivity index (χ0) is 15.5. The van der Waals surface area contributed by atoms with E-state index in [1.807, 2.05) is 46.9 Å². The number of rotatable bonds is 3. The zero-order valence-electron chi connectivity index (χ0n) is 12.9. The van der Waals surface area contributed by atoms with Crippen molar-refractivity contribution in [3.63, 3.8) is 0 Å². The van der Waals surface area contributed by atoms with Gasteiger partial charge in [-0.1, -0.05) is 0 Å². The molecule has 116 valence electrons. The molecule has 0 saturated carbocycles. The fourth-order valence-corrected chi connectivity index (χ4v) is 2.69. The van der Waals surface area contributed by atoms with Crippen LogP contribution >= 0.6 is 0 Å². The van der Waals surface area contributed by atoms with Crippen molar-refractivity contribution in [1.29, 1.82) is 0 Å². The van der Waals surface area contributed by atoms with Gasteiger partial charge in [0.25, 0.3) is 5.91 Å². The van der Waals surface area contributed by atoms with Crippen LogP contribution in [0.1, 0.15) is 29.4 Å². The average Bonchev–Trinajstić information content (AvgIpc) is 3.09. The van der Waals surface area contributed by atoms with E-state index in [0.29, 0.717) is 12.2 Å². The number of carbonyl (C=O) groups is 1. The molecule has 1 fully saturated rings. The van der Waals surface area contributed by atoms with E-state index in [0.717, 1.165) is 25.2 Å². The molecular weight excluding hydrogens is 280 g/mol. The van der Waals surface area contributed by atoms with E-state index in [-0.39, 0.29) is 11.9 Å². The third-order valence-corrected chi connectivity index (χ3v) is 3.91. The molecule has 3 heterocycles. The van der Waals surface area contributed by atoms with E-state index in [1.165, 1.54) is 0 Å². The lowest BCUT2D eigenvalue weighted by Crippen LogP contribution is -2.41. The van der Waals surface area contributed by atoms with Crippen LogP contribution in [0.2, 0.25) is 0 Å². The summed E-state index contributed by atoms with van der Waals surface area (Å²) in [5.74, 6) is 0.680. The minimum Gasteiger partial charge on any atom is -0.361 e. The molecule has 7 nitrogen and oxygen atoms in total. The Bertz CT molecular complexity index is 622. The molecule has 0 unspecified atom stereocenters. The molecule has 22 heavy (non-hydrogen) atoms. The lowest BCUT2D eigenvalue weighted by molar-refractivity contribution is 0.0666. The molecule has 2 aromatic rings. The quantitative estimate of drug-likeness (QED) is 0.852. The maximum Gasteiger partial charge on any atom is 0.274 e. The van der Waals surface area contributed by atoms with Gasteiger partial charge in [0, 0.05) is 39.6 Å². The van der Waals surface area contributed by atoms with E-state index in [4.69, 9.17) is 0 Å². The molecule has 2 aromatic heterocycles. The Labute approximate surface area is 129 Å². The Morgan fingerprint density at radius 2 is 2.18 bits per heavy atom. The van der Waals surface area contributed by atoms with Gasteiger partial charge in [0.2, 0.25) is 0 Å². The summed E-state index contributed by atoms with van der Waals surface area (Å²) in [7, 11) is 3.79. The third kappa shape index (κ3) is 2.93. The predicted octanol–water partition coefficient (Wildman–Crippen LogP) is 1.22. The van der Waals surface area contributed by atoms with Gasteiger partial charge in [0.05, 0.1) is 6.04 Å². The monoisotopic (exact) mass is 300 g/mol. The Morgan fingerprint density at radius 1 is 1.32 bits per heavy atom. The van der Waals surface area contributed by atoms with Crippen LogP contribution in [0.25, 0.3) is 0 Å². The van der Waals surface area contributed by atoms with E-state index < -0.39 is 0 Å². The molecule has 0 spiro atoms. The molecule has 0 radical (unpaired) electrons. The van der Waals surface area contributed by atoms with Gasteiger partial charge in [-0.05, 0) is 31.0 Å². The Kier molecular flexibility index (Phi) is 4.04. The molecule has 0 N–H and O–H groups in total. The van der Waals surface area contributed by atoms with Crippen molar-refractivity contribution in [2.45, 2.75) is 18.9 Å². The SMILES string of the molecule is CN(C)c1ccc(C(=O)N2CCC[C@H](n3cccn3)C2)nn1. The van der Waals surface area contributed by atoms with Crippen LogP contribution in [0.4, 0.5) is 5.82 Å². The van der Waals surface area contributed by atoms with Gasteiger partial charge >= 0.3 is 0 Å². The number of piperidine rings is 1. The lowest BCUT2D eigenvalue weighted by Gasteiger charge is -2.32. The Morgan fingerprint density at radius 3 is 2.82 bits per heavy atom. The number of nitrogens with zero attached hydrogens (tertiary/aromatic N) is 6. The summed E-state index contributed by atoms with van der Waals surface area (Å²) >= 11 is 0. The summed E-state index contributed by atoms with van der Waals surface area (Å²) in [4.78, 5) is 16.3. The highest BCUT2D eigenvalue weighted by Crippen LogP contribution is 2.21. The molecule has 1 aliphatic heterocycles. The number of likely N-dealkylation sites (tertiary alicyclic amines) is 1. The van der Waals surface area contributed by atoms with Crippen LogP contribution in [-0.4, -0.2) is 58.0 Å². The lowest BCUT2D eigenvalue weighted by atomic mass is 10.1. The van der Waals surface area contributed by atoms with Crippen molar-refractivity contribution in [3.05, 3.63) is 36.3 Å². The molecule has 1 amide bonds. The molecule has 0 aromatic carbocycles. The molecule has 3 rings (SSSR count). The molecule has 1 aliphatic rings. The number of hydrogen-bond acceptors (Lipinski definition) is 5. The van der Waals surface area contributed by atoms with Gasteiger partial charge < -0.3 is 9.80 Å². The first kappa shape index (κ1) is 14.5. The third-order valence-electron chi connectivity index (χ3n) is 3.91. The van der Waals surface area contributed by atoms with Crippen molar-refractivity contribution in [2.75, 3.05) is 32.1 Å². The van der Waals surface area contributed by atoms with Crippen LogP contribution < -0.4 is 4.90 Å². The molecule has 7 heteroatoms. The first-order chi connectivity index (χ1) is 10.6. The van der Waals surface area contributed by atoms with Gasteiger partial charge in [-0.3, -0.25) is 9.48 Å². The number of carbonyl (C=O) groups excluding carboxylic acids is 1. The number of hydrogen-bond donors (Lipinski definition) is 0. The van der Waals surface area contributed by atoms with E-state index in [9.17, 15) is 4.79 Å². The maximum atomic E-state index is 12.6. The molecule has 1 saturated heterocycles. The van der Waals surface area contributed by atoms with Crippen molar-refractivity contribution < 1.29 is 4.79 Å². The zero-order valence-corrected chi connectivity index (χ0v) is 12.9. The summed E-state index contributed by atoms with van der Waals surface area (Å²) in [5.41, 5.74) is 0.395. The fourth-order valence-electron chi connectivity index (χ4n) is 2.69. The van der Waals surface area contributed by atoms with Crippen molar-refractivity contribution in [1.82, 2.24) is 24.9 Å². The highest BCUT2D eigenvalue weighted by Gasteiger charge is 2.26. The smallest absolute Gasteiger partial charge is 0.274 e. The summed E-state index contributed by atoms with van der Waals surface area (Å²) in [6.07, 6.45) is 5.73.